The van der Waals surface area contributed by atoms with E-state index in [0.717, 1.165) is 5.56 Å². The number of pyridine rings is 1. The first-order valence-corrected chi connectivity index (χ1v) is 5.92. The van der Waals surface area contributed by atoms with Crippen molar-refractivity contribution < 1.29 is 14.3 Å². The molecule has 98 valence electrons. The average molecular weight is 257 g/mol. The molecule has 4 nitrogen and oxygen atoms in total. The summed E-state index contributed by atoms with van der Waals surface area (Å²) in [6, 6.07) is 10.8. The van der Waals surface area contributed by atoms with E-state index < -0.39 is 0 Å². The third-order valence-electron chi connectivity index (χ3n) is 2.70. The lowest BCUT2D eigenvalue weighted by molar-refractivity contribution is 0.101. The van der Waals surface area contributed by atoms with E-state index in [1.807, 2.05) is 12.1 Å². The van der Waals surface area contributed by atoms with Crippen LogP contribution in [0.2, 0.25) is 0 Å². The van der Waals surface area contributed by atoms with Crippen LogP contribution in [0, 0.1) is 0 Å². The Morgan fingerprint density at radius 1 is 1.21 bits per heavy atom. The molecule has 2 aromatic rings. The van der Waals surface area contributed by atoms with E-state index in [1.165, 1.54) is 6.92 Å². The van der Waals surface area contributed by atoms with Crippen LogP contribution in [0.25, 0.3) is 0 Å². The van der Waals surface area contributed by atoms with E-state index >= 15 is 0 Å². The van der Waals surface area contributed by atoms with Crippen LogP contribution in [-0.2, 0) is 6.61 Å². The smallest absolute Gasteiger partial charge is 0.219 e. The summed E-state index contributed by atoms with van der Waals surface area (Å²) < 4.78 is 10.8. The lowest BCUT2D eigenvalue weighted by Gasteiger charge is -2.09. The standard InChI is InChI=1S/C15H15NO3/c1-11(17)12-5-7-14(8-6-12)19-10-13-4-3-9-16-15(13)18-2/h3-9H,10H2,1-2H3. The number of benzene rings is 1. The van der Waals surface area contributed by atoms with Crippen LogP contribution in [-0.4, -0.2) is 17.9 Å². The summed E-state index contributed by atoms with van der Waals surface area (Å²) in [7, 11) is 1.58. The number of nitrogens with zero attached hydrogens (tertiary/aromatic N) is 1. The molecular weight excluding hydrogens is 242 g/mol. The third-order valence-corrected chi connectivity index (χ3v) is 2.70. The minimum absolute atomic E-state index is 0.0421. The minimum atomic E-state index is 0.0421. The van der Waals surface area contributed by atoms with Gasteiger partial charge in [0.1, 0.15) is 12.4 Å². The number of Topliss-reactive ketones (excluding diaryl/α,β-unsaturated/α-hetero) is 1. The Bertz CT molecular complexity index is 564. The minimum Gasteiger partial charge on any atom is -0.489 e. The van der Waals surface area contributed by atoms with Crippen molar-refractivity contribution in [3.8, 4) is 11.6 Å². The van der Waals surface area contributed by atoms with Gasteiger partial charge in [0.15, 0.2) is 5.78 Å². The maximum atomic E-state index is 11.2. The number of carbonyl (C=O) groups is 1. The van der Waals surface area contributed by atoms with Gasteiger partial charge in [-0.3, -0.25) is 4.79 Å². The predicted octanol–water partition coefficient (Wildman–Crippen LogP) is 2.87. The molecular formula is C15H15NO3. The Balaban J connectivity index is 2.04. The Hall–Kier alpha value is -2.36. The Morgan fingerprint density at radius 3 is 2.58 bits per heavy atom. The highest BCUT2D eigenvalue weighted by atomic mass is 16.5. The van der Waals surface area contributed by atoms with Crippen molar-refractivity contribution in [3.05, 3.63) is 53.7 Å². The third kappa shape index (κ3) is 3.31. The van der Waals surface area contributed by atoms with E-state index in [2.05, 4.69) is 4.98 Å². The highest BCUT2D eigenvalue weighted by molar-refractivity contribution is 5.94. The average Bonchev–Trinajstić information content (AvgIpc) is 2.45. The fourth-order valence-corrected chi connectivity index (χ4v) is 1.66. The second-order valence-electron chi connectivity index (χ2n) is 4.04. The second kappa shape index (κ2) is 6.00. The van der Waals surface area contributed by atoms with Gasteiger partial charge in [-0.15, -0.1) is 0 Å². The number of ether oxygens (including phenoxy) is 2. The summed E-state index contributed by atoms with van der Waals surface area (Å²) in [5.74, 6) is 1.30. The van der Waals surface area contributed by atoms with Crippen molar-refractivity contribution in [1.82, 2.24) is 4.98 Å². The van der Waals surface area contributed by atoms with E-state index in [1.54, 1.807) is 37.6 Å². The summed E-state index contributed by atoms with van der Waals surface area (Å²) in [5, 5.41) is 0. The molecule has 0 atom stereocenters. The van der Waals surface area contributed by atoms with Crippen molar-refractivity contribution in [2.24, 2.45) is 0 Å². The van der Waals surface area contributed by atoms with Gasteiger partial charge in [0, 0.05) is 11.8 Å². The molecule has 0 amide bonds. The monoisotopic (exact) mass is 257 g/mol. The van der Waals surface area contributed by atoms with Gasteiger partial charge in [-0.2, -0.15) is 0 Å². The summed E-state index contributed by atoms with van der Waals surface area (Å²) in [6.07, 6.45) is 1.67. The Morgan fingerprint density at radius 2 is 1.95 bits per heavy atom. The van der Waals surface area contributed by atoms with Gasteiger partial charge < -0.3 is 9.47 Å². The Kier molecular flexibility index (Phi) is 4.13. The van der Waals surface area contributed by atoms with Crippen molar-refractivity contribution in [2.45, 2.75) is 13.5 Å². The molecule has 0 fully saturated rings. The second-order valence-corrected chi connectivity index (χ2v) is 4.04. The van der Waals surface area contributed by atoms with Crippen LogP contribution in [0.5, 0.6) is 11.6 Å². The number of aromatic nitrogens is 1. The van der Waals surface area contributed by atoms with Crippen molar-refractivity contribution in [3.63, 3.8) is 0 Å². The van der Waals surface area contributed by atoms with E-state index in [9.17, 15) is 4.79 Å². The number of hydrogen-bond donors (Lipinski definition) is 0. The van der Waals surface area contributed by atoms with E-state index in [0.29, 0.717) is 23.8 Å². The summed E-state index contributed by atoms with van der Waals surface area (Å²) in [5.41, 5.74) is 1.55. The molecule has 0 saturated carbocycles. The molecule has 0 bridgehead atoms. The Labute approximate surface area is 112 Å². The van der Waals surface area contributed by atoms with E-state index in [-0.39, 0.29) is 5.78 Å². The number of rotatable bonds is 5. The van der Waals surface area contributed by atoms with Gasteiger partial charge in [0.25, 0.3) is 0 Å². The maximum Gasteiger partial charge on any atom is 0.219 e. The molecule has 4 heteroatoms. The normalized spacial score (nSPS) is 10.0. The van der Waals surface area contributed by atoms with Crippen LogP contribution in [0.1, 0.15) is 22.8 Å². The van der Waals surface area contributed by atoms with Gasteiger partial charge in [-0.05, 0) is 43.3 Å². The molecule has 1 heterocycles. The molecule has 0 aliphatic rings. The van der Waals surface area contributed by atoms with Crippen LogP contribution in [0.15, 0.2) is 42.6 Å². The molecule has 0 radical (unpaired) electrons. The van der Waals surface area contributed by atoms with Crippen LogP contribution < -0.4 is 9.47 Å². The highest BCUT2D eigenvalue weighted by Crippen LogP contribution is 2.18. The van der Waals surface area contributed by atoms with Gasteiger partial charge >= 0.3 is 0 Å². The van der Waals surface area contributed by atoms with Crippen molar-refractivity contribution in [1.29, 1.82) is 0 Å². The summed E-state index contributed by atoms with van der Waals surface area (Å²) in [6.45, 7) is 1.91. The SMILES string of the molecule is COc1ncccc1COc1ccc(C(C)=O)cc1. The fourth-order valence-electron chi connectivity index (χ4n) is 1.66. The summed E-state index contributed by atoms with van der Waals surface area (Å²) >= 11 is 0. The molecule has 1 aromatic heterocycles. The molecule has 0 spiro atoms. The zero-order valence-corrected chi connectivity index (χ0v) is 10.9. The molecule has 0 aliphatic heterocycles. The molecule has 0 N–H and O–H groups in total. The molecule has 0 aliphatic carbocycles. The maximum absolute atomic E-state index is 11.2. The zero-order valence-electron chi connectivity index (χ0n) is 10.9. The topological polar surface area (TPSA) is 48.4 Å². The molecule has 0 unspecified atom stereocenters. The van der Waals surface area contributed by atoms with Gasteiger partial charge in [0.2, 0.25) is 5.88 Å². The number of carbonyl (C=O) groups excluding carboxylic acids is 1. The molecule has 19 heavy (non-hydrogen) atoms. The lowest BCUT2D eigenvalue weighted by atomic mass is 10.1. The molecule has 0 saturated heterocycles. The lowest BCUT2D eigenvalue weighted by Crippen LogP contribution is -2.00. The van der Waals surface area contributed by atoms with Gasteiger partial charge in [-0.25, -0.2) is 4.98 Å². The largest absolute Gasteiger partial charge is 0.489 e. The number of ketones is 1. The van der Waals surface area contributed by atoms with Gasteiger partial charge in [0.05, 0.1) is 12.7 Å². The first-order valence-electron chi connectivity index (χ1n) is 5.92. The summed E-state index contributed by atoms with van der Waals surface area (Å²) in [4.78, 5) is 15.3. The predicted molar refractivity (Wildman–Crippen MR) is 71.6 cm³/mol. The molecule has 1 aromatic carbocycles. The van der Waals surface area contributed by atoms with Crippen LogP contribution in [0.3, 0.4) is 0 Å². The van der Waals surface area contributed by atoms with Crippen LogP contribution in [0.4, 0.5) is 0 Å². The number of hydrogen-bond acceptors (Lipinski definition) is 4. The first kappa shape index (κ1) is 13.1. The van der Waals surface area contributed by atoms with E-state index in [4.69, 9.17) is 9.47 Å². The van der Waals surface area contributed by atoms with Crippen molar-refractivity contribution in [2.75, 3.05) is 7.11 Å². The zero-order chi connectivity index (χ0) is 13.7. The van der Waals surface area contributed by atoms with Gasteiger partial charge in [-0.1, -0.05) is 0 Å². The highest BCUT2D eigenvalue weighted by Gasteiger charge is 2.04. The van der Waals surface area contributed by atoms with Crippen LogP contribution >= 0.6 is 0 Å². The fraction of sp³-hybridized carbons (Fsp3) is 0.200. The van der Waals surface area contributed by atoms with Crippen molar-refractivity contribution >= 4 is 5.78 Å². The molecule has 2 rings (SSSR count). The quantitative estimate of drug-likeness (QED) is 0.773. The number of methoxy groups -OCH3 is 1. The first-order chi connectivity index (χ1) is 9.20.